The molecule has 0 bridgehead atoms. The van der Waals surface area contributed by atoms with E-state index < -0.39 is 0 Å². The van der Waals surface area contributed by atoms with Crippen molar-refractivity contribution in [3.8, 4) is 11.1 Å². The highest BCUT2D eigenvalue weighted by molar-refractivity contribution is 5.91. The Morgan fingerprint density at radius 1 is 0.725 bits per heavy atom. The van der Waals surface area contributed by atoms with E-state index in [4.69, 9.17) is 4.74 Å². The average molecular weight is 519 g/mol. The number of rotatable bonds is 6. The smallest absolute Gasteiger partial charge is 0.130 e. The third kappa shape index (κ3) is 6.57. The van der Waals surface area contributed by atoms with Gasteiger partial charge in [0.1, 0.15) is 11.5 Å². The third-order valence-corrected chi connectivity index (χ3v) is 6.93. The Labute approximate surface area is 238 Å². The summed E-state index contributed by atoms with van der Waals surface area (Å²) < 4.78 is 6.03. The van der Waals surface area contributed by atoms with Crippen LogP contribution in [0, 0.1) is 6.92 Å². The first-order valence-electron chi connectivity index (χ1n) is 13.7. The fourth-order valence-electron chi connectivity index (χ4n) is 4.85. The van der Waals surface area contributed by atoms with Gasteiger partial charge in [0.25, 0.3) is 0 Å². The molecule has 0 amide bonds. The van der Waals surface area contributed by atoms with E-state index in [0.717, 1.165) is 28.9 Å². The Morgan fingerprint density at radius 3 is 2.20 bits per heavy atom. The minimum atomic E-state index is 0.624. The highest BCUT2D eigenvalue weighted by Gasteiger charge is 2.11. The van der Waals surface area contributed by atoms with Crippen molar-refractivity contribution >= 4 is 16.9 Å². The van der Waals surface area contributed by atoms with Gasteiger partial charge in [-0.15, -0.1) is 0 Å². The molecule has 0 saturated carbocycles. The second-order valence-electron chi connectivity index (χ2n) is 9.86. The molecule has 0 saturated heterocycles. The molecule has 1 aliphatic heterocycles. The zero-order valence-corrected chi connectivity index (χ0v) is 23.2. The van der Waals surface area contributed by atoms with Gasteiger partial charge in [0.2, 0.25) is 0 Å². The molecule has 5 rings (SSSR count). The molecule has 0 N–H and O–H groups in total. The molecule has 0 unspecified atom stereocenters. The zero-order valence-electron chi connectivity index (χ0n) is 23.2. The SMILES string of the molecule is C=C1/C=C\C=C/C/C=C(/c2ccc(C(=C/C)/C=C(\c3ccccc3)c3cccc(-c4cccc(C)c4)c3)cc2)O1. The van der Waals surface area contributed by atoms with Crippen LogP contribution in [0.2, 0.25) is 0 Å². The summed E-state index contributed by atoms with van der Waals surface area (Å²) in [5.41, 5.74) is 10.6. The molecule has 196 valence electrons. The van der Waals surface area contributed by atoms with Crippen LogP contribution in [0.4, 0.5) is 0 Å². The van der Waals surface area contributed by atoms with Crippen LogP contribution in [0.5, 0.6) is 0 Å². The molecule has 1 aliphatic rings. The van der Waals surface area contributed by atoms with Crippen molar-refractivity contribution in [2.75, 3.05) is 0 Å². The van der Waals surface area contributed by atoms with Gasteiger partial charge >= 0.3 is 0 Å². The van der Waals surface area contributed by atoms with E-state index in [1.54, 1.807) is 0 Å². The van der Waals surface area contributed by atoms with Gasteiger partial charge in [0.15, 0.2) is 0 Å². The van der Waals surface area contributed by atoms with Crippen LogP contribution >= 0.6 is 0 Å². The van der Waals surface area contributed by atoms with Gasteiger partial charge in [-0.05, 0) is 83.5 Å². The van der Waals surface area contributed by atoms with Crippen molar-refractivity contribution in [2.24, 2.45) is 0 Å². The molecule has 1 nitrogen and oxygen atoms in total. The Bertz CT molecular complexity index is 1640. The second-order valence-corrected chi connectivity index (χ2v) is 9.86. The molecule has 0 aromatic heterocycles. The number of benzene rings is 4. The Balaban J connectivity index is 1.51. The predicted octanol–water partition coefficient (Wildman–Crippen LogP) is 10.6. The van der Waals surface area contributed by atoms with Gasteiger partial charge in [-0.3, -0.25) is 0 Å². The van der Waals surface area contributed by atoms with E-state index in [9.17, 15) is 0 Å². The lowest BCUT2D eigenvalue weighted by Gasteiger charge is -2.14. The number of allylic oxidation sites excluding steroid dienone is 8. The standard InChI is InChI=1S/C39H34O/c1-4-31(32-22-24-34(25-23-32)39-21-11-6-5-8-15-30(3)40-39)28-38(33-16-9-7-10-17-33)37-20-13-19-36(27-37)35-18-12-14-29(2)26-35/h4-10,12-28H,3,11H2,1-2H3/b6-5-,15-8-,31-4+,38-28+,39-21-. The van der Waals surface area contributed by atoms with Crippen LogP contribution in [-0.4, -0.2) is 0 Å². The first-order chi connectivity index (χ1) is 19.6. The van der Waals surface area contributed by atoms with Crippen molar-refractivity contribution in [2.45, 2.75) is 20.3 Å². The number of hydrogen-bond donors (Lipinski definition) is 0. The van der Waals surface area contributed by atoms with Gasteiger partial charge in [-0.2, -0.15) is 0 Å². The van der Waals surface area contributed by atoms with Crippen molar-refractivity contribution in [1.82, 2.24) is 0 Å². The molecule has 4 aromatic carbocycles. The predicted molar refractivity (Wildman–Crippen MR) is 171 cm³/mol. The van der Waals surface area contributed by atoms with E-state index in [1.807, 2.05) is 18.2 Å². The van der Waals surface area contributed by atoms with Crippen LogP contribution < -0.4 is 0 Å². The lowest BCUT2D eigenvalue weighted by molar-refractivity contribution is 0.402. The highest BCUT2D eigenvalue weighted by atomic mass is 16.5. The molecule has 0 aliphatic carbocycles. The summed E-state index contributed by atoms with van der Waals surface area (Å²) in [6.07, 6.45) is 15.3. The fourth-order valence-corrected chi connectivity index (χ4v) is 4.85. The topological polar surface area (TPSA) is 9.23 Å². The maximum Gasteiger partial charge on any atom is 0.130 e. The van der Waals surface area contributed by atoms with Gasteiger partial charge in [0.05, 0.1) is 0 Å². The first-order valence-corrected chi connectivity index (χ1v) is 13.7. The van der Waals surface area contributed by atoms with Gasteiger partial charge in [-0.1, -0.05) is 134 Å². The first kappa shape index (κ1) is 26.7. The summed E-state index contributed by atoms with van der Waals surface area (Å²) in [6, 6.07) is 36.7. The van der Waals surface area contributed by atoms with E-state index in [1.165, 1.54) is 33.4 Å². The molecule has 1 heterocycles. The lowest BCUT2D eigenvalue weighted by atomic mass is 9.91. The summed E-state index contributed by atoms with van der Waals surface area (Å²) in [4.78, 5) is 0. The van der Waals surface area contributed by atoms with E-state index >= 15 is 0 Å². The van der Waals surface area contributed by atoms with Crippen molar-refractivity contribution in [3.05, 3.63) is 186 Å². The van der Waals surface area contributed by atoms with Crippen LogP contribution in [-0.2, 0) is 4.74 Å². The minimum absolute atomic E-state index is 0.624. The van der Waals surface area contributed by atoms with E-state index in [2.05, 4.69) is 148 Å². The Morgan fingerprint density at radius 2 is 1.45 bits per heavy atom. The molecule has 0 fully saturated rings. The van der Waals surface area contributed by atoms with Crippen molar-refractivity contribution in [3.63, 3.8) is 0 Å². The third-order valence-electron chi connectivity index (χ3n) is 6.93. The van der Waals surface area contributed by atoms with Crippen LogP contribution in [0.1, 0.15) is 41.2 Å². The molecular formula is C39H34O. The molecule has 0 spiro atoms. The molecule has 40 heavy (non-hydrogen) atoms. The highest BCUT2D eigenvalue weighted by Crippen LogP contribution is 2.32. The molecular weight excluding hydrogens is 484 g/mol. The van der Waals surface area contributed by atoms with Crippen LogP contribution in [0.3, 0.4) is 0 Å². The Kier molecular flexibility index (Phi) is 8.53. The average Bonchev–Trinajstić information content (AvgIpc) is 3.10. The summed E-state index contributed by atoms with van der Waals surface area (Å²) in [5.74, 6) is 1.45. The second kappa shape index (κ2) is 12.8. The van der Waals surface area contributed by atoms with E-state index in [0.29, 0.717) is 5.76 Å². The molecule has 0 atom stereocenters. The van der Waals surface area contributed by atoms with Crippen molar-refractivity contribution < 1.29 is 4.74 Å². The van der Waals surface area contributed by atoms with Crippen LogP contribution in [0.15, 0.2) is 158 Å². The maximum atomic E-state index is 6.03. The summed E-state index contributed by atoms with van der Waals surface area (Å²) in [6.45, 7) is 8.24. The number of hydrogen-bond acceptors (Lipinski definition) is 1. The van der Waals surface area contributed by atoms with Gasteiger partial charge in [-0.25, -0.2) is 0 Å². The van der Waals surface area contributed by atoms with Crippen molar-refractivity contribution in [1.29, 1.82) is 0 Å². The normalized spacial score (nSPS) is 17.1. The van der Waals surface area contributed by atoms with E-state index in [-0.39, 0.29) is 0 Å². The summed E-state index contributed by atoms with van der Waals surface area (Å²) >= 11 is 0. The summed E-state index contributed by atoms with van der Waals surface area (Å²) in [5, 5.41) is 0. The van der Waals surface area contributed by atoms with Gasteiger partial charge < -0.3 is 4.74 Å². The zero-order chi connectivity index (χ0) is 27.7. The number of ether oxygens (including phenoxy) is 1. The van der Waals surface area contributed by atoms with Gasteiger partial charge in [0, 0.05) is 5.56 Å². The Hall–Kier alpha value is -4.88. The largest absolute Gasteiger partial charge is 0.458 e. The molecule has 1 heteroatoms. The maximum absolute atomic E-state index is 6.03. The summed E-state index contributed by atoms with van der Waals surface area (Å²) in [7, 11) is 0. The number of aryl methyl sites for hydroxylation is 1. The van der Waals surface area contributed by atoms with Crippen LogP contribution in [0.25, 0.3) is 28.0 Å². The molecule has 4 aromatic rings. The lowest BCUT2D eigenvalue weighted by Crippen LogP contribution is -1.93. The monoisotopic (exact) mass is 518 g/mol. The molecule has 0 radical (unpaired) electrons. The quantitative estimate of drug-likeness (QED) is 0.231. The minimum Gasteiger partial charge on any atom is -0.458 e. The fraction of sp³-hybridized carbons (Fsp3) is 0.0769.